The molecular formula is C21H25FN2O4. The summed E-state index contributed by atoms with van der Waals surface area (Å²) in [6.45, 7) is 4.82. The Bertz CT molecular complexity index is 831. The summed E-state index contributed by atoms with van der Waals surface area (Å²) in [5.74, 6) is -0.0274. The van der Waals surface area contributed by atoms with Crippen LogP contribution in [0.2, 0.25) is 0 Å². The molecule has 3 rings (SSSR count). The number of benzene rings is 1. The molecular weight excluding hydrogens is 363 g/mol. The van der Waals surface area contributed by atoms with Crippen molar-refractivity contribution in [2.24, 2.45) is 5.92 Å². The summed E-state index contributed by atoms with van der Waals surface area (Å²) >= 11 is 0. The van der Waals surface area contributed by atoms with Crippen LogP contribution in [-0.4, -0.2) is 45.9 Å². The molecule has 0 aliphatic carbocycles. The third-order valence-corrected chi connectivity index (χ3v) is 5.07. The number of nitrogens with zero attached hydrogens (tertiary/aromatic N) is 2. The van der Waals surface area contributed by atoms with Crippen molar-refractivity contribution in [3.8, 4) is 0 Å². The normalized spacial score (nSPS) is 17.9. The van der Waals surface area contributed by atoms with E-state index in [2.05, 4.69) is 0 Å². The maximum Gasteiger partial charge on any atom is 0.289 e. The highest BCUT2D eigenvalue weighted by molar-refractivity contribution is 5.92. The van der Waals surface area contributed by atoms with Crippen LogP contribution < -0.4 is 0 Å². The average Bonchev–Trinajstić information content (AvgIpc) is 3.10. The third-order valence-electron chi connectivity index (χ3n) is 5.07. The van der Waals surface area contributed by atoms with Gasteiger partial charge in [0.25, 0.3) is 5.91 Å². The molecule has 2 aromatic rings. The first-order valence-corrected chi connectivity index (χ1v) is 9.41. The summed E-state index contributed by atoms with van der Waals surface area (Å²) in [4.78, 5) is 29.1. The monoisotopic (exact) mass is 388 g/mol. The van der Waals surface area contributed by atoms with E-state index >= 15 is 0 Å². The molecule has 2 amide bonds. The van der Waals surface area contributed by atoms with E-state index in [0.717, 1.165) is 5.56 Å². The summed E-state index contributed by atoms with van der Waals surface area (Å²) in [7, 11) is 0. The largest absolute Gasteiger partial charge is 0.453 e. The number of halogens is 1. The molecule has 0 spiro atoms. The van der Waals surface area contributed by atoms with Crippen LogP contribution in [0.1, 0.15) is 42.1 Å². The fourth-order valence-corrected chi connectivity index (χ4v) is 3.46. The predicted molar refractivity (Wildman–Crippen MR) is 101 cm³/mol. The van der Waals surface area contributed by atoms with Gasteiger partial charge in [-0.05, 0) is 35.7 Å². The van der Waals surface area contributed by atoms with Gasteiger partial charge in [-0.25, -0.2) is 4.39 Å². The zero-order valence-electron chi connectivity index (χ0n) is 16.1. The molecule has 1 atom stereocenters. The van der Waals surface area contributed by atoms with Gasteiger partial charge < -0.3 is 19.3 Å². The number of amides is 2. The van der Waals surface area contributed by atoms with Crippen molar-refractivity contribution in [2.45, 2.75) is 39.5 Å². The molecule has 1 fully saturated rings. The van der Waals surface area contributed by atoms with E-state index in [9.17, 15) is 14.0 Å². The fourth-order valence-electron chi connectivity index (χ4n) is 3.46. The summed E-state index contributed by atoms with van der Waals surface area (Å²) in [5.41, 5.74) is 0.846. The minimum atomic E-state index is -0.316. The van der Waals surface area contributed by atoms with Crippen molar-refractivity contribution in [1.82, 2.24) is 9.80 Å². The number of hydrogen-bond donors (Lipinski definition) is 1. The standard InChI is InChI=1S/C21H25FN2O4/c1-14(2)18-12-23(21(27)19-8-7-17(13-25)28-19)10-9-20(26)24(18)11-15-3-5-16(22)6-4-15/h3-8,14,18,25H,9-13H2,1-2H3/t18-/m0/s1. The lowest BCUT2D eigenvalue weighted by Gasteiger charge is -2.34. The molecule has 0 radical (unpaired) electrons. The Morgan fingerprint density at radius 2 is 1.96 bits per heavy atom. The lowest BCUT2D eigenvalue weighted by atomic mass is 10.0. The molecule has 1 N–H and O–H groups in total. The summed E-state index contributed by atoms with van der Waals surface area (Å²) in [6.07, 6.45) is 0.212. The highest BCUT2D eigenvalue weighted by atomic mass is 19.1. The van der Waals surface area contributed by atoms with Crippen LogP contribution in [0.25, 0.3) is 0 Å². The highest BCUT2D eigenvalue weighted by Crippen LogP contribution is 2.23. The number of rotatable bonds is 5. The van der Waals surface area contributed by atoms with Gasteiger partial charge >= 0.3 is 0 Å². The predicted octanol–water partition coefficient (Wildman–Crippen LogP) is 2.81. The summed E-state index contributed by atoms with van der Waals surface area (Å²) < 4.78 is 18.6. The second kappa shape index (κ2) is 8.56. The van der Waals surface area contributed by atoms with Crippen molar-refractivity contribution in [3.05, 3.63) is 59.3 Å². The quantitative estimate of drug-likeness (QED) is 0.855. The molecule has 150 valence electrons. The first-order valence-electron chi connectivity index (χ1n) is 9.41. The van der Waals surface area contributed by atoms with Crippen molar-refractivity contribution in [2.75, 3.05) is 13.1 Å². The van der Waals surface area contributed by atoms with Gasteiger partial charge in [-0.2, -0.15) is 0 Å². The van der Waals surface area contributed by atoms with Gasteiger partial charge in [0.2, 0.25) is 5.91 Å². The zero-order valence-corrected chi connectivity index (χ0v) is 16.1. The average molecular weight is 388 g/mol. The molecule has 1 aromatic carbocycles. The molecule has 1 aliphatic heterocycles. The van der Waals surface area contributed by atoms with Crippen LogP contribution in [0, 0.1) is 11.7 Å². The van der Waals surface area contributed by atoms with Crippen molar-refractivity contribution in [1.29, 1.82) is 0 Å². The molecule has 1 aromatic heterocycles. The van der Waals surface area contributed by atoms with E-state index in [1.54, 1.807) is 34.1 Å². The molecule has 28 heavy (non-hydrogen) atoms. The Labute approximate surface area is 163 Å². The Morgan fingerprint density at radius 1 is 1.25 bits per heavy atom. The van der Waals surface area contributed by atoms with Crippen LogP contribution >= 0.6 is 0 Å². The van der Waals surface area contributed by atoms with Gasteiger partial charge in [0.05, 0.1) is 6.04 Å². The van der Waals surface area contributed by atoms with Gasteiger partial charge in [0.1, 0.15) is 18.2 Å². The number of carbonyl (C=O) groups is 2. The Morgan fingerprint density at radius 3 is 2.57 bits per heavy atom. The summed E-state index contributed by atoms with van der Waals surface area (Å²) in [6, 6.07) is 9.05. The molecule has 0 unspecified atom stereocenters. The Hall–Kier alpha value is -2.67. The van der Waals surface area contributed by atoms with E-state index < -0.39 is 0 Å². The van der Waals surface area contributed by atoms with Gasteiger partial charge in [-0.15, -0.1) is 0 Å². The molecule has 7 heteroatoms. The number of furan rings is 1. The maximum atomic E-state index is 13.2. The first kappa shape index (κ1) is 20.1. The number of hydrogen-bond acceptors (Lipinski definition) is 4. The minimum absolute atomic E-state index is 0.0335. The Balaban J connectivity index is 1.80. The third kappa shape index (κ3) is 4.42. The lowest BCUT2D eigenvalue weighted by molar-refractivity contribution is -0.134. The van der Waals surface area contributed by atoms with E-state index in [1.807, 2.05) is 13.8 Å². The van der Waals surface area contributed by atoms with E-state index in [0.29, 0.717) is 25.4 Å². The highest BCUT2D eigenvalue weighted by Gasteiger charge is 2.34. The second-order valence-electron chi connectivity index (χ2n) is 7.38. The van der Waals surface area contributed by atoms with Crippen LogP contribution in [-0.2, 0) is 17.9 Å². The second-order valence-corrected chi connectivity index (χ2v) is 7.38. The van der Waals surface area contributed by atoms with Crippen molar-refractivity contribution >= 4 is 11.8 Å². The first-order chi connectivity index (χ1) is 13.4. The van der Waals surface area contributed by atoms with Crippen LogP contribution in [0.15, 0.2) is 40.8 Å². The molecule has 0 saturated carbocycles. The van der Waals surface area contributed by atoms with E-state index in [-0.39, 0.29) is 48.4 Å². The molecule has 0 bridgehead atoms. The van der Waals surface area contributed by atoms with Crippen molar-refractivity contribution < 1.29 is 23.5 Å². The van der Waals surface area contributed by atoms with Crippen LogP contribution in [0.4, 0.5) is 4.39 Å². The molecule has 1 saturated heterocycles. The number of aliphatic hydroxyl groups excluding tert-OH is 1. The smallest absolute Gasteiger partial charge is 0.289 e. The maximum absolute atomic E-state index is 13.2. The van der Waals surface area contributed by atoms with Crippen molar-refractivity contribution in [3.63, 3.8) is 0 Å². The molecule has 6 nitrogen and oxygen atoms in total. The SMILES string of the molecule is CC(C)[C@@H]1CN(C(=O)c2ccc(CO)o2)CCC(=O)N1Cc1ccc(F)cc1. The van der Waals surface area contributed by atoms with E-state index in [1.165, 1.54) is 12.1 Å². The zero-order chi connectivity index (χ0) is 20.3. The van der Waals surface area contributed by atoms with Gasteiger partial charge in [0.15, 0.2) is 5.76 Å². The van der Waals surface area contributed by atoms with Gasteiger partial charge in [-0.1, -0.05) is 26.0 Å². The lowest BCUT2D eigenvalue weighted by Crippen LogP contribution is -2.47. The van der Waals surface area contributed by atoms with Gasteiger partial charge in [-0.3, -0.25) is 9.59 Å². The topological polar surface area (TPSA) is 74.0 Å². The fraction of sp³-hybridized carbons (Fsp3) is 0.429. The van der Waals surface area contributed by atoms with Crippen LogP contribution in [0.3, 0.4) is 0 Å². The number of carbonyl (C=O) groups excluding carboxylic acids is 2. The minimum Gasteiger partial charge on any atom is -0.453 e. The Kier molecular flexibility index (Phi) is 6.14. The number of aliphatic hydroxyl groups is 1. The molecule has 1 aliphatic rings. The van der Waals surface area contributed by atoms with E-state index in [4.69, 9.17) is 9.52 Å². The summed E-state index contributed by atoms with van der Waals surface area (Å²) in [5, 5.41) is 9.14. The van der Waals surface area contributed by atoms with Gasteiger partial charge in [0, 0.05) is 26.1 Å². The molecule has 2 heterocycles. The van der Waals surface area contributed by atoms with Crippen LogP contribution in [0.5, 0.6) is 0 Å².